The number of anilines is 1. The highest BCUT2D eigenvalue weighted by Crippen LogP contribution is 2.32. The molecule has 188 valence electrons. The van der Waals surface area contributed by atoms with Crippen molar-refractivity contribution in [1.82, 2.24) is 9.80 Å². The molecule has 0 bridgehead atoms. The number of likely N-dealkylation sites (tertiary alicyclic amines) is 1. The van der Waals surface area contributed by atoms with E-state index >= 15 is 0 Å². The van der Waals surface area contributed by atoms with Gasteiger partial charge in [0.2, 0.25) is 11.7 Å². The van der Waals surface area contributed by atoms with Crippen LogP contribution >= 0.6 is 11.6 Å². The van der Waals surface area contributed by atoms with Crippen LogP contribution in [0.1, 0.15) is 19.3 Å². The van der Waals surface area contributed by atoms with Gasteiger partial charge >= 0.3 is 5.69 Å². The van der Waals surface area contributed by atoms with Gasteiger partial charge in [-0.05, 0) is 30.3 Å². The lowest BCUT2D eigenvalue weighted by Gasteiger charge is -2.37. The Bertz CT molecular complexity index is 1020. The second-order valence-electron chi connectivity index (χ2n) is 8.84. The van der Waals surface area contributed by atoms with Crippen LogP contribution in [0.4, 0.5) is 11.4 Å². The van der Waals surface area contributed by atoms with Crippen molar-refractivity contribution in [3.8, 4) is 11.5 Å². The molecule has 2 aliphatic heterocycles. The van der Waals surface area contributed by atoms with Crippen LogP contribution in [0.2, 0.25) is 5.02 Å². The highest BCUT2D eigenvalue weighted by Gasteiger charge is 2.26. The van der Waals surface area contributed by atoms with Gasteiger partial charge in [-0.1, -0.05) is 11.6 Å². The van der Waals surface area contributed by atoms with Crippen molar-refractivity contribution < 1.29 is 19.2 Å². The number of benzene rings is 2. The number of nitro groups is 1. The van der Waals surface area contributed by atoms with E-state index in [1.807, 2.05) is 29.2 Å². The van der Waals surface area contributed by atoms with Crippen LogP contribution in [-0.4, -0.2) is 79.7 Å². The molecule has 35 heavy (non-hydrogen) atoms. The Kier molecular flexibility index (Phi) is 8.30. The first-order valence-corrected chi connectivity index (χ1v) is 12.3. The van der Waals surface area contributed by atoms with Gasteiger partial charge in [-0.3, -0.25) is 19.8 Å². The van der Waals surface area contributed by atoms with E-state index in [0.29, 0.717) is 25.3 Å². The minimum absolute atomic E-state index is 0.0360. The zero-order valence-corrected chi connectivity index (χ0v) is 20.7. The molecule has 1 amide bonds. The van der Waals surface area contributed by atoms with E-state index in [9.17, 15) is 14.9 Å². The Morgan fingerprint density at radius 3 is 2.37 bits per heavy atom. The van der Waals surface area contributed by atoms with Gasteiger partial charge in [0.05, 0.1) is 12.0 Å². The second kappa shape index (κ2) is 11.6. The van der Waals surface area contributed by atoms with Gasteiger partial charge in [-0.25, -0.2) is 0 Å². The van der Waals surface area contributed by atoms with E-state index in [2.05, 4.69) is 9.80 Å². The molecule has 0 radical (unpaired) electrons. The van der Waals surface area contributed by atoms with Gasteiger partial charge in [-0.2, -0.15) is 0 Å². The molecular weight excluding hydrogens is 472 g/mol. The molecule has 10 heteroatoms. The van der Waals surface area contributed by atoms with Crippen molar-refractivity contribution in [3.05, 3.63) is 57.6 Å². The molecule has 0 saturated carbocycles. The second-order valence-corrected chi connectivity index (χ2v) is 9.28. The van der Waals surface area contributed by atoms with Crippen LogP contribution in [0.15, 0.2) is 42.5 Å². The van der Waals surface area contributed by atoms with Crippen LogP contribution in [0.3, 0.4) is 0 Å². The summed E-state index contributed by atoms with van der Waals surface area (Å²) in [7, 11) is 1.40. The summed E-state index contributed by atoms with van der Waals surface area (Å²) in [5.41, 5.74) is 1.09. The Labute approximate surface area is 210 Å². The molecule has 0 atom stereocenters. The molecule has 2 heterocycles. The van der Waals surface area contributed by atoms with Gasteiger partial charge in [0, 0.05) is 87.9 Å². The zero-order valence-electron chi connectivity index (χ0n) is 19.9. The van der Waals surface area contributed by atoms with Gasteiger partial charge in [0.15, 0.2) is 0 Å². The molecule has 0 aliphatic carbocycles. The third kappa shape index (κ3) is 6.55. The minimum atomic E-state index is -0.480. The van der Waals surface area contributed by atoms with E-state index in [-0.39, 0.29) is 23.4 Å². The highest BCUT2D eigenvalue weighted by atomic mass is 35.5. The number of nitro benzene ring substituents is 1. The first-order valence-electron chi connectivity index (χ1n) is 11.9. The van der Waals surface area contributed by atoms with Crippen LogP contribution in [-0.2, 0) is 4.79 Å². The summed E-state index contributed by atoms with van der Waals surface area (Å²) in [5.74, 6) is 0.893. The lowest BCUT2D eigenvalue weighted by Crippen LogP contribution is -2.48. The van der Waals surface area contributed by atoms with E-state index in [4.69, 9.17) is 21.1 Å². The van der Waals surface area contributed by atoms with Gasteiger partial charge in [0.25, 0.3) is 0 Å². The standard InChI is InChI=1S/C25H31ClN4O5/c1-34-24-18-22(6-7-23(24)30(32)33)35-21-8-12-29(13-9-21)25(31)10-11-27-14-16-28(17-15-27)20-4-2-19(26)3-5-20/h2-7,18,21H,8-17H2,1H3. The number of hydrogen-bond donors (Lipinski definition) is 0. The van der Waals surface area contributed by atoms with Crippen molar-refractivity contribution in [1.29, 1.82) is 0 Å². The number of hydrogen-bond acceptors (Lipinski definition) is 7. The van der Waals surface area contributed by atoms with Crippen molar-refractivity contribution in [2.45, 2.75) is 25.4 Å². The van der Waals surface area contributed by atoms with Crippen LogP contribution in [0.25, 0.3) is 0 Å². The maximum absolute atomic E-state index is 12.8. The number of carbonyl (C=O) groups excluding carboxylic acids is 1. The number of piperidine rings is 1. The maximum Gasteiger partial charge on any atom is 0.311 e. The minimum Gasteiger partial charge on any atom is -0.490 e. The van der Waals surface area contributed by atoms with Gasteiger partial charge in [0.1, 0.15) is 11.9 Å². The van der Waals surface area contributed by atoms with Crippen molar-refractivity contribution in [2.75, 3.05) is 57.8 Å². The Morgan fingerprint density at radius 2 is 1.74 bits per heavy atom. The number of carbonyl (C=O) groups is 1. The summed E-state index contributed by atoms with van der Waals surface area (Å²) in [6, 6.07) is 12.5. The fourth-order valence-corrected chi connectivity index (χ4v) is 4.72. The number of piperazine rings is 1. The van der Waals surface area contributed by atoms with Crippen LogP contribution in [0.5, 0.6) is 11.5 Å². The fourth-order valence-electron chi connectivity index (χ4n) is 4.59. The van der Waals surface area contributed by atoms with Crippen molar-refractivity contribution >= 4 is 28.9 Å². The number of amides is 1. The molecule has 0 N–H and O–H groups in total. The molecule has 2 aliphatic rings. The van der Waals surface area contributed by atoms with Crippen LogP contribution in [0, 0.1) is 10.1 Å². The number of methoxy groups -OCH3 is 1. The van der Waals surface area contributed by atoms with E-state index in [0.717, 1.165) is 50.6 Å². The first kappa shape index (κ1) is 25.1. The Hall–Kier alpha value is -3.04. The molecule has 0 unspecified atom stereocenters. The summed E-state index contributed by atoms with van der Waals surface area (Å²) in [5, 5.41) is 11.8. The number of rotatable bonds is 8. The van der Waals surface area contributed by atoms with Crippen molar-refractivity contribution in [2.24, 2.45) is 0 Å². The predicted octanol–water partition coefficient (Wildman–Crippen LogP) is 3.84. The molecule has 4 rings (SSSR count). The third-order valence-corrected chi connectivity index (χ3v) is 6.90. The smallest absolute Gasteiger partial charge is 0.311 e. The molecule has 2 saturated heterocycles. The van der Waals surface area contributed by atoms with Gasteiger partial charge < -0.3 is 19.3 Å². The van der Waals surface area contributed by atoms with E-state index in [1.165, 1.54) is 18.9 Å². The maximum atomic E-state index is 12.8. The quantitative estimate of drug-likeness (QED) is 0.400. The first-order chi connectivity index (χ1) is 16.9. The summed E-state index contributed by atoms with van der Waals surface area (Å²) in [6.07, 6.45) is 1.94. The lowest BCUT2D eigenvalue weighted by atomic mass is 10.1. The average molecular weight is 503 g/mol. The lowest BCUT2D eigenvalue weighted by molar-refractivity contribution is -0.385. The average Bonchev–Trinajstić information content (AvgIpc) is 2.88. The van der Waals surface area contributed by atoms with Crippen molar-refractivity contribution in [3.63, 3.8) is 0 Å². The summed E-state index contributed by atoms with van der Waals surface area (Å²) < 4.78 is 11.1. The topological polar surface area (TPSA) is 88.4 Å². The molecule has 2 fully saturated rings. The summed E-state index contributed by atoms with van der Waals surface area (Å²) in [6.45, 7) is 5.81. The zero-order chi connectivity index (χ0) is 24.8. The monoisotopic (exact) mass is 502 g/mol. The normalized spacial score (nSPS) is 17.3. The SMILES string of the molecule is COc1cc(OC2CCN(C(=O)CCN3CCN(c4ccc(Cl)cc4)CC3)CC2)ccc1[N+](=O)[O-]. The molecule has 2 aromatic carbocycles. The van der Waals surface area contributed by atoms with E-state index < -0.39 is 4.92 Å². The molecule has 2 aromatic rings. The number of nitrogens with zero attached hydrogens (tertiary/aromatic N) is 4. The highest BCUT2D eigenvalue weighted by molar-refractivity contribution is 6.30. The number of ether oxygens (including phenoxy) is 2. The Morgan fingerprint density at radius 1 is 1.06 bits per heavy atom. The fraction of sp³-hybridized carbons (Fsp3) is 0.480. The largest absolute Gasteiger partial charge is 0.490 e. The number of halogens is 1. The van der Waals surface area contributed by atoms with Crippen LogP contribution < -0.4 is 14.4 Å². The van der Waals surface area contributed by atoms with E-state index in [1.54, 1.807) is 12.1 Å². The predicted molar refractivity (Wildman–Crippen MR) is 135 cm³/mol. The third-order valence-electron chi connectivity index (χ3n) is 6.65. The molecule has 9 nitrogen and oxygen atoms in total. The molecule has 0 aromatic heterocycles. The Balaban J connectivity index is 1.17. The molecular formula is C25H31ClN4O5. The summed E-state index contributed by atoms with van der Waals surface area (Å²) >= 11 is 5.98. The summed E-state index contributed by atoms with van der Waals surface area (Å²) in [4.78, 5) is 30.0. The molecule has 0 spiro atoms. The van der Waals surface area contributed by atoms with Gasteiger partial charge in [-0.15, -0.1) is 0 Å².